The molecule has 2 atom stereocenters. The number of ether oxygens (including phenoxy) is 1. The minimum atomic E-state index is -0.101. The zero-order valence-corrected chi connectivity index (χ0v) is 14.3. The fourth-order valence-corrected chi connectivity index (χ4v) is 10.6. The van der Waals surface area contributed by atoms with Crippen LogP contribution in [-0.2, 0) is 9.53 Å². The molecule has 2 rings (SSSR count). The monoisotopic (exact) mass is 328 g/mol. The zero-order chi connectivity index (χ0) is 14.2. The van der Waals surface area contributed by atoms with Gasteiger partial charge in [0, 0.05) is 18.0 Å². The van der Waals surface area contributed by atoms with Crippen molar-refractivity contribution in [3.05, 3.63) is 30.3 Å². The molecule has 0 amide bonds. The molecule has 2 nitrogen and oxygen atoms in total. The SMILES string of the molecule is COC(=O)CCCCC1CCSP(c2ccccc2)S1. The van der Waals surface area contributed by atoms with Gasteiger partial charge in [-0.1, -0.05) is 36.8 Å². The van der Waals surface area contributed by atoms with Crippen molar-refractivity contribution >= 4 is 40.4 Å². The van der Waals surface area contributed by atoms with Crippen molar-refractivity contribution in [1.29, 1.82) is 0 Å². The van der Waals surface area contributed by atoms with Gasteiger partial charge in [-0.05, 0) is 30.3 Å². The highest BCUT2D eigenvalue weighted by molar-refractivity contribution is 8.90. The number of unbranched alkanes of at least 4 members (excludes halogenated alkanes) is 1. The molecule has 20 heavy (non-hydrogen) atoms. The van der Waals surface area contributed by atoms with E-state index in [-0.39, 0.29) is 12.3 Å². The van der Waals surface area contributed by atoms with Crippen LogP contribution in [0.2, 0.25) is 0 Å². The number of esters is 1. The fourth-order valence-electron chi connectivity index (χ4n) is 2.11. The van der Waals surface area contributed by atoms with E-state index in [1.807, 2.05) is 0 Å². The highest BCUT2D eigenvalue weighted by Gasteiger charge is 2.24. The van der Waals surface area contributed by atoms with Gasteiger partial charge in [-0.15, -0.1) is 22.8 Å². The van der Waals surface area contributed by atoms with Crippen LogP contribution in [0.5, 0.6) is 0 Å². The van der Waals surface area contributed by atoms with Gasteiger partial charge in [0.1, 0.15) is 0 Å². The van der Waals surface area contributed by atoms with Gasteiger partial charge in [0.05, 0.1) is 7.11 Å². The van der Waals surface area contributed by atoms with Crippen LogP contribution in [0, 0.1) is 0 Å². The van der Waals surface area contributed by atoms with Gasteiger partial charge >= 0.3 is 5.97 Å². The molecule has 1 heterocycles. The highest BCUT2D eigenvalue weighted by Crippen LogP contribution is 2.65. The first-order valence-electron chi connectivity index (χ1n) is 7.01. The summed E-state index contributed by atoms with van der Waals surface area (Å²) in [5, 5.41) is 2.26. The van der Waals surface area contributed by atoms with E-state index in [1.165, 1.54) is 31.0 Å². The minimum Gasteiger partial charge on any atom is -0.469 e. The Labute approximate surface area is 130 Å². The van der Waals surface area contributed by atoms with Gasteiger partial charge in [-0.25, -0.2) is 0 Å². The summed E-state index contributed by atoms with van der Waals surface area (Å²) in [6, 6.07) is 10.9. The Balaban J connectivity index is 1.72. The average molecular weight is 328 g/mol. The van der Waals surface area contributed by atoms with E-state index in [4.69, 9.17) is 0 Å². The standard InChI is InChI=1S/C15H21O2PS2/c1-17-15(16)10-6-5-9-14-11-12-19-18(20-14)13-7-3-2-4-8-13/h2-4,7-8,14H,5-6,9-12H2,1H3. The van der Waals surface area contributed by atoms with Crippen LogP contribution in [0.1, 0.15) is 32.1 Å². The van der Waals surface area contributed by atoms with Gasteiger partial charge < -0.3 is 4.74 Å². The van der Waals surface area contributed by atoms with Crippen molar-refractivity contribution < 1.29 is 9.53 Å². The molecule has 5 heteroatoms. The number of benzene rings is 1. The molecule has 0 bridgehead atoms. The van der Waals surface area contributed by atoms with Crippen molar-refractivity contribution in [2.75, 3.05) is 12.9 Å². The Bertz CT molecular complexity index is 414. The maximum Gasteiger partial charge on any atom is 0.305 e. The molecule has 1 aliphatic heterocycles. The molecule has 1 saturated heterocycles. The van der Waals surface area contributed by atoms with E-state index in [0.29, 0.717) is 6.42 Å². The van der Waals surface area contributed by atoms with E-state index in [0.717, 1.165) is 18.1 Å². The summed E-state index contributed by atoms with van der Waals surface area (Å²) in [6.07, 6.45) is 5.09. The number of carbonyl (C=O) groups is 1. The lowest BCUT2D eigenvalue weighted by molar-refractivity contribution is -0.140. The first-order valence-corrected chi connectivity index (χ1v) is 11.4. The largest absolute Gasteiger partial charge is 0.469 e. The van der Waals surface area contributed by atoms with Crippen LogP contribution in [0.3, 0.4) is 0 Å². The van der Waals surface area contributed by atoms with E-state index >= 15 is 0 Å². The number of hydrogen-bond donors (Lipinski definition) is 0. The Hall–Kier alpha value is -0.180. The van der Waals surface area contributed by atoms with E-state index in [2.05, 4.69) is 57.8 Å². The minimum absolute atomic E-state index is 0.0802. The third kappa shape index (κ3) is 5.31. The first-order chi connectivity index (χ1) is 9.79. The van der Waals surface area contributed by atoms with Gasteiger partial charge in [0.15, 0.2) is 0 Å². The Morgan fingerprint density at radius 1 is 1.35 bits per heavy atom. The summed E-state index contributed by atoms with van der Waals surface area (Å²) in [5.74, 6) is 1.19. The fraction of sp³-hybridized carbons (Fsp3) is 0.533. The summed E-state index contributed by atoms with van der Waals surface area (Å²) in [5.41, 5.74) is 0. The second-order valence-corrected chi connectivity index (χ2v) is 11.6. The molecule has 0 radical (unpaired) electrons. The Morgan fingerprint density at radius 3 is 2.90 bits per heavy atom. The van der Waals surface area contributed by atoms with Crippen molar-refractivity contribution in [1.82, 2.24) is 0 Å². The molecular weight excluding hydrogens is 307 g/mol. The Kier molecular flexibility index (Phi) is 7.26. The summed E-state index contributed by atoms with van der Waals surface area (Å²) >= 11 is 4.28. The van der Waals surface area contributed by atoms with Crippen molar-refractivity contribution in [3.63, 3.8) is 0 Å². The molecule has 1 aromatic carbocycles. The van der Waals surface area contributed by atoms with E-state index < -0.39 is 0 Å². The summed E-state index contributed by atoms with van der Waals surface area (Å²) in [7, 11) is 1.46. The summed E-state index contributed by atoms with van der Waals surface area (Å²) < 4.78 is 4.67. The van der Waals surface area contributed by atoms with Crippen LogP contribution in [-0.4, -0.2) is 24.1 Å². The van der Waals surface area contributed by atoms with Crippen LogP contribution in [0.25, 0.3) is 0 Å². The van der Waals surface area contributed by atoms with Crippen LogP contribution < -0.4 is 5.30 Å². The third-order valence-electron chi connectivity index (χ3n) is 3.24. The van der Waals surface area contributed by atoms with Crippen LogP contribution in [0.15, 0.2) is 30.3 Å². The molecule has 0 N–H and O–H groups in total. The number of carbonyl (C=O) groups excluding carboxylic acids is 1. The van der Waals surface area contributed by atoms with Crippen molar-refractivity contribution in [2.45, 2.75) is 37.4 Å². The van der Waals surface area contributed by atoms with Crippen LogP contribution >= 0.6 is 29.1 Å². The molecular formula is C15H21O2PS2. The second kappa shape index (κ2) is 8.96. The number of methoxy groups -OCH3 is 1. The lowest BCUT2D eigenvalue weighted by Crippen LogP contribution is -2.10. The predicted octanol–water partition coefficient (Wildman–Crippen LogP) is 4.60. The normalized spacial score (nSPS) is 22.4. The van der Waals surface area contributed by atoms with Gasteiger partial charge in [-0.2, -0.15) is 0 Å². The van der Waals surface area contributed by atoms with Gasteiger partial charge in [0.2, 0.25) is 0 Å². The topological polar surface area (TPSA) is 26.3 Å². The van der Waals surface area contributed by atoms with Crippen molar-refractivity contribution in [2.24, 2.45) is 0 Å². The third-order valence-corrected chi connectivity index (χ3v) is 11.3. The molecule has 110 valence electrons. The average Bonchev–Trinajstić information content (AvgIpc) is 2.52. The van der Waals surface area contributed by atoms with Crippen LogP contribution in [0.4, 0.5) is 0 Å². The zero-order valence-electron chi connectivity index (χ0n) is 11.8. The Morgan fingerprint density at radius 2 is 2.15 bits per heavy atom. The maximum atomic E-state index is 11.1. The van der Waals surface area contributed by atoms with Gasteiger partial charge in [0.25, 0.3) is 0 Å². The quantitative estimate of drug-likeness (QED) is 0.433. The molecule has 0 saturated carbocycles. The molecule has 0 spiro atoms. The van der Waals surface area contributed by atoms with Gasteiger partial charge in [-0.3, -0.25) is 4.79 Å². The predicted molar refractivity (Wildman–Crippen MR) is 91.9 cm³/mol. The molecule has 0 aromatic heterocycles. The molecule has 1 aliphatic rings. The number of hydrogen-bond acceptors (Lipinski definition) is 4. The molecule has 1 fully saturated rings. The first kappa shape index (κ1) is 16.2. The molecule has 2 unspecified atom stereocenters. The lowest BCUT2D eigenvalue weighted by Gasteiger charge is -2.28. The lowest BCUT2D eigenvalue weighted by atomic mass is 10.1. The number of rotatable bonds is 6. The highest BCUT2D eigenvalue weighted by atomic mass is 33.1. The molecule has 1 aromatic rings. The smallest absolute Gasteiger partial charge is 0.305 e. The van der Waals surface area contributed by atoms with E-state index in [9.17, 15) is 4.79 Å². The summed E-state index contributed by atoms with van der Waals surface area (Å²) in [6.45, 7) is 0. The van der Waals surface area contributed by atoms with E-state index in [1.54, 1.807) is 0 Å². The maximum absolute atomic E-state index is 11.1. The second-order valence-electron chi connectivity index (χ2n) is 4.76. The molecule has 0 aliphatic carbocycles. The summed E-state index contributed by atoms with van der Waals surface area (Å²) in [4.78, 5) is 11.1. The van der Waals surface area contributed by atoms with Crippen molar-refractivity contribution in [3.8, 4) is 0 Å².